The lowest BCUT2D eigenvalue weighted by atomic mass is 10.2. The minimum Gasteiger partial charge on any atom is -0.489 e. The molecule has 0 unspecified atom stereocenters. The van der Waals surface area contributed by atoms with Crippen LogP contribution in [0, 0.1) is 6.92 Å². The van der Waals surface area contributed by atoms with E-state index in [9.17, 15) is 8.42 Å². The number of fused-ring (bicyclic) bond motifs is 1. The smallest absolute Gasteiger partial charge is 0.274 e. The number of aromatic nitrogens is 1. The molecular formula is C16H14N2O4S2. The van der Waals surface area contributed by atoms with E-state index in [1.807, 2.05) is 13.0 Å². The molecule has 0 N–H and O–H groups in total. The van der Waals surface area contributed by atoms with Gasteiger partial charge < -0.3 is 9.26 Å². The summed E-state index contributed by atoms with van der Waals surface area (Å²) in [5, 5.41) is 5.60. The van der Waals surface area contributed by atoms with Gasteiger partial charge in [-0.3, -0.25) is 4.31 Å². The van der Waals surface area contributed by atoms with Gasteiger partial charge in [0.25, 0.3) is 10.0 Å². The third-order valence-corrected chi connectivity index (χ3v) is 6.95. The van der Waals surface area contributed by atoms with Crippen molar-refractivity contribution in [2.75, 3.05) is 17.5 Å². The van der Waals surface area contributed by atoms with Crippen molar-refractivity contribution in [3.63, 3.8) is 0 Å². The lowest BCUT2D eigenvalue weighted by Crippen LogP contribution is -2.37. The molecule has 4 rings (SSSR count). The average molecular weight is 362 g/mol. The summed E-state index contributed by atoms with van der Waals surface area (Å²) in [6.45, 7) is 2.44. The van der Waals surface area contributed by atoms with Gasteiger partial charge in [0, 0.05) is 17.0 Å². The van der Waals surface area contributed by atoms with Crippen molar-refractivity contribution < 1.29 is 17.7 Å². The number of hydrogen-bond acceptors (Lipinski definition) is 6. The maximum atomic E-state index is 13.0. The quantitative estimate of drug-likeness (QED) is 0.715. The van der Waals surface area contributed by atoms with Crippen LogP contribution in [-0.2, 0) is 10.0 Å². The van der Waals surface area contributed by atoms with Crippen LogP contribution in [0.15, 0.2) is 50.5 Å². The summed E-state index contributed by atoms with van der Waals surface area (Å²) < 4.78 is 38.5. The number of nitrogens with zero attached hydrogens (tertiary/aromatic N) is 2. The van der Waals surface area contributed by atoms with Crippen molar-refractivity contribution in [2.45, 2.75) is 11.1 Å². The van der Waals surface area contributed by atoms with Crippen LogP contribution in [0.5, 0.6) is 5.75 Å². The van der Waals surface area contributed by atoms with E-state index in [0.717, 1.165) is 5.69 Å². The molecule has 0 atom stereocenters. The second-order valence-electron chi connectivity index (χ2n) is 5.38. The van der Waals surface area contributed by atoms with E-state index in [2.05, 4.69) is 5.16 Å². The average Bonchev–Trinajstić information content (AvgIpc) is 3.23. The van der Waals surface area contributed by atoms with Gasteiger partial charge in [0.2, 0.25) is 0 Å². The number of aryl methyl sites for hydroxylation is 1. The normalized spacial score (nSPS) is 14.3. The van der Waals surface area contributed by atoms with Crippen LogP contribution in [-0.4, -0.2) is 26.7 Å². The molecule has 0 saturated heterocycles. The highest BCUT2D eigenvalue weighted by Crippen LogP contribution is 2.37. The molecule has 0 radical (unpaired) electrons. The number of ether oxygens (including phenoxy) is 1. The second kappa shape index (κ2) is 5.64. The largest absolute Gasteiger partial charge is 0.489 e. The van der Waals surface area contributed by atoms with E-state index in [4.69, 9.17) is 9.26 Å². The highest BCUT2D eigenvalue weighted by Gasteiger charge is 2.31. The number of thiophene rings is 1. The van der Waals surface area contributed by atoms with E-state index < -0.39 is 10.0 Å². The molecule has 1 aliphatic rings. The third kappa shape index (κ3) is 2.47. The standard InChI is InChI=1S/C16H14N2O4S2/c1-11-8-15(22-17-11)12-9-16(23-10-12)24(19,20)18-6-7-21-14-5-3-2-4-13(14)18/h2-5,8-10H,6-7H2,1H3. The van der Waals surface area contributed by atoms with E-state index >= 15 is 0 Å². The molecule has 3 heterocycles. The van der Waals surface area contributed by atoms with Crippen molar-refractivity contribution in [3.05, 3.63) is 47.5 Å². The molecule has 0 fully saturated rings. The SMILES string of the molecule is Cc1cc(-c2csc(S(=O)(=O)N3CCOc4ccccc43)c2)on1. The van der Waals surface area contributed by atoms with Crippen molar-refractivity contribution in [1.29, 1.82) is 0 Å². The molecule has 0 aliphatic carbocycles. The highest BCUT2D eigenvalue weighted by atomic mass is 32.2. The first-order valence-corrected chi connectivity index (χ1v) is 9.64. The van der Waals surface area contributed by atoms with E-state index in [1.54, 1.807) is 35.7 Å². The van der Waals surface area contributed by atoms with Gasteiger partial charge in [-0.2, -0.15) is 0 Å². The maximum absolute atomic E-state index is 13.0. The summed E-state index contributed by atoms with van der Waals surface area (Å²) in [7, 11) is -3.65. The summed E-state index contributed by atoms with van der Waals surface area (Å²) in [5.41, 5.74) is 2.03. The molecule has 1 aromatic carbocycles. The predicted molar refractivity (Wildman–Crippen MR) is 91.0 cm³/mol. The van der Waals surface area contributed by atoms with Gasteiger partial charge in [0.1, 0.15) is 16.6 Å². The van der Waals surface area contributed by atoms with Crippen molar-refractivity contribution >= 4 is 27.0 Å². The first-order chi connectivity index (χ1) is 11.6. The topological polar surface area (TPSA) is 72.6 Å². The number of para-hydroxylation sites is 2. The fourth-order valence-corrected chi connectivity index (χ4v) is 5.32. The Balaban J connectivity index is 1.73. The predicted octanol–water partition coefficient (Wildman–Crippen LogP) is 3.30. The van der Waals surface area contributed by atoms with Crippen molar-refractivity contribution in [2.24, 2.45) is 0 Å². The Labute approximate surface area is 143 Å². The first kappa shape index (κ1) is 15.2. The molecule has 124 valence electrons. The lowest BCUT2D eigenvalue weighted by molar-refractivity contribution is 0.316. The molecule has 2 aromatic heterocycles. The fourth-order valence-electron chi connectivity index (χ4n) is 2.58. The van der Waals surface area contributed by atoms with Gasteiger partial charge in [-0.05, 0) is 25.1 Å². The number of sulfonamides is 1. The van der Waals surface area contributed by atoms with Gasteiger partial charge in [-0.15, -0.1) is 11.3 Å². The number of rotatable bonds is 3. The Kier molecular flexibility index (Phi) is 3.58. The number of hydrogen-bond donors (Lipinski definition) is 0. The molecule has 24 heavy (non-hydrogen) atoms. The molecule has 0 amide bonds. The third-order valence-electron chi connectivity index (χ3n) is 3.72. The highest BCUT2D eigenvalue weighted by molar-refractivity contribution is 7.94. The van der Waals surface area contributed by atoms with Gasteiger partial charge in [-0.25, -0.2) is 8.42 Å². The fraction of sp³-hybridized carbons (Fsp3) is 0.188. The Morgan fingerprint density at radius 3 is 2.88 bits per heavy atom. The second-order valence-corrected chi connectivity index (χ2v) is 8.38. The van der Waals surface area contributed by atoms with Gasteiger partial charge in [-0.1, -0.05) is 17.3 Å². The number of benzene rings is 1. The van der Waals surface area contributed by atoms with Gasteiger partial charge in [0.05, 0.1) is 17.9 Å². The Morgan fingerprint density at radius 2 is 2.08 bits per heavy atom. The Morgan fingerprint density at radius 1 is 1.25 bits per heavy atom. The summed E-state index contributed by atoms with van der Waals surface area (Å²) in [5.74, 6) is 1.14. The van der Waals surface area contributed by atoms with Crippen LogP contribution in [0.4, 0.5) is 5.69 Å². The zero-order chi connectivity index (χ0) is 16.7. The van der Waals surface area contributed by atoms with Crippen LogP contribution in [0.25, 0.3) is 11.3 Å². The summed E-state index contributed by atoms with van der Waals surface area (Å²) in [6.07, 6.45) is 0. The summed E-state index contributed by atoms with van der Waals surface area (Å²) in [4.78, 5) is 0. The molecule has 0 spiro atoms. The molecule has 6 nitrogen and oxygen atoms in total. The monoisotopic (exact) mass is 362 g/mol. The molecule has 0 bridgehead atoms. The lowest BCUT2D eigenvalue weighted by Gasteiger charge is -2.29. The van der Waals surface area contributed by atoms with E-state index in [0.29, 0.717) is 29.4 Å². The maximum Gasteiger partial charge on any atom is 0.274 e. The number of anilines is 1. The minimum absolute atomic E-state index is 0.267. The van der Waals surface area contributed by atoms with Gasteiger partial charge >= 0.3 is 0 Å². The van der Waals surface area contributed by atoms with Crippen molar-refractivity contribution in [1.82, 2.24) is 5.16 Å². The van der Waals surface area contributed by atoms with Crippen molar-refractivity contribution in [3.8, 4) is 17.1 Å². The summed E-state index contributed by atoms with van der Waals surface area (Å²) >= 11 is 1.17. The Hall–Kier alpha value is -2.32. The van der Waals surface area contributed by atoms with Crippen LogP contribution in [0.2, 0.25) is 0 Å². The van der Waals surface area contributed by atoms with E-state index in [1.165, 1.54) is 15.6 Å². The summed E-state index contributed by atoms with van der Waals surface area (Å²) in [6, 6.07) is 10.5. The van der Waals surface area contributed by atoms with Crippen LogP contribution in [0.3, 0.4) is 0 Å². The molecule has 3 aromatic rings. The first-order valence-electron chi connectivity index (χ1n) is 7.32. The zero-order valence-electron chi connectivity index (χ0n) is 12.8. The van der Waals surface area contributed by atoms with E-state index in [-0.39, 0.29) is 10.8 Å². The van der Waals surface area contributed by atoms with Gasteiger partial charge in [0.15, 0.2) is 5.76 Å². The van der Waals surface area contributed by atoms with Crippen LogP contribution >= 0.6 is 11.3 Å². The zero-order valence-corrected chi connectivity index (χ0v) is 14.4. The molecule has 1 aliphatic heterocycles. The molecule has 0 saturated carbocycles. The molecular weight excluding hydrogens is 348 g/mol. The Bertz CT molecular complexity index is 991. The van der Waals surface area contributed by atoms with Crippen LogP contribution in [0.1, 0.15) is 5.69 Å². The minimum atomic E-state index is -3.65. The molecule has 8 heteroatoms. The van der Waals surface area contributed by atoms with Crippen LogP contribution < -0.4 is 9.04 Å².